The number of Topliss-reactive ketones (excluding diaryl/α,β-unsaturated/α-hetero) is 1. The molecule has 0 radical (unpaired) electrons. The van der Waals surface area contributed by atoms with Gasteiger partial charge in [-0.25, -0.2) is 9.37 Å². The number of benzene rings is 2. The third-order valence-electron chi connectivity index (χ3n) is 5.10. The quantitative estimate of drug-likeness (QED) is 0.491. The van der Waals surface area contributed by atoms with Crippen LogP contribution in [0.1, 0.15) is 21.9 Å². The highest BCUT2D eigenvalue weighted by atomic mass is 19.1. The van der Waals surface area contributed by atoms with Gasteiger partial charge in [-0.15, -0.1) is 0 Å². The van der Waals surface area contributed by atoms with E-state index in [0.717, 1.165) is 33.9 Å². The van der Waals surface area contributed by atoms with Crippen LogP contribution in [0.4, 0.5) is 4.39 Å². The summed E-state index contributed by atoms with van der Waals surface area (Å²) < 4.78 is 13.1. The second-order valence-corrected chi connectivity index (χ2v) is 7.15. The van der Waals surface area contributed by atoms with Gasteiger partial charge in [-0.3, -0.25) is 9.89 Å². The van der Waals surface area contributed by atoms with Crippen molar-refractivity contribution >= 4 is 11.9 Å². The number of nitrogens with zero attached hydrogens (tertiary/aromatic N) is 3. The summed E-state index contributed by atoms with van der Waals surface area (Å²) in [4.78, 5) is 22.3. The molecule has 7 heteroatoms. The van der Waals surface area contributed by atoms with Gasteiger partial charge < -0.3 is 9.88 Å². The van der Waals surface area contributed by atoms with E-state index in [1.165, 1.54) is 12.1 Å². The molecule has 5 rings (SSSR count). The van der Waals surface area contributed by atoms with Gasteiger partial charge in [-0.2, -0.15) is 5.10 Å². The number of halogens is 1. The van der Waals surface area contributed by atoms with Gasteiger partial charge in [0.2, 0.25) is 0 Å². The van der Waals surface area contributed by atoms with Crippen LogP contribution in [-0.2, 0) is 6.54 Å². The Morgan fingerprint density at radius 3 is 2.40 bits per heavy atom. The number of aromatic nitrogens is 4. The van der Waals surface area contributed by atoms with E-state index in [1.54, 1.807) is 24.4 Å². The van der Waals surface area contributed by atoms with Crippen LogP contribution in [0.25, 0.3) is 28.6 Å². The Kier molecular flexibility index (Phi) is 4.48. The molecule has 0 saturated carbocycles. The zero-order valence-electron chi connectivity index (χ0n) is 16.0. The summed E-state index contributed by atoms with van der Waals surface area (Å²) in [5.41, 5.74) is 5.27. The van der Waals surface area contributed by atoms with E-state index in [9.17, 15) is 9.18 Å². The largest absolute Gasteiger partial charge is 0.364 e. The van der Waals surface area contributed by atoms with Gasteiger partial charge in [0.15, 0.2) is 5.78 Å². The first-order valence-electron chi connectivity index (χ1n) is 9.56. The maximum Gasteiger partial charge on any atom is 0.199 e. The second-order valence-electron chi connectivity index (χ2n) is 7.15. The number of fused-ring (bicyclic) bond motifs is 1. The molecule has 148 valence electrons. The van der Waals surface area contributed by atoms with Crippen LogP contribution in [0, 0.1) is 5.82 Å². The van der Waals surface area contributed by atoms with Crippen molar-refractivity contribution in [2.75, 3.05) is 6.54 Å². The number of H-pyrrole nitrogens is 2. The number of aromatic amines is 2. The van der Waals surface area contributed by atoms with Crippen molar-refractivity contribution in [3.63, 3.8) is 0 Å². The first-order chi connectivity index (χ1) is 14.7. The van der Waals surface area contributed by atoms with E-state index in [2.05, 4.69) is 20.2 Å². The second kappa shape index (κ2) is 7.44. The van der Waals surface area contributed by atoms with Crippen LogP contribution in [0.2, 0.25) is 0 Å². The molecule has 0 aliphatic carbocycles. The number of rotatable bonds is 5. The van der Waals surface area contributed by atoms with E-state index in [0.29, 0.717) is 12.2 Å². The van der Waals surface area contributed by atoms with Gasteiger partial charge in [0.25, 0.3) is 0 Å². The molecule has 0 atom stereocenters. The first kappa shape index (κ1) is 18.1. The molecule has 0 fully saturated rings. The van der Waals surface area contributed by atoms with Gasteiger partial charge in [0.1, 0.15) is 17.3 Å². The minimum absolute atomic E-state index is 0.0169. The Morgan fingerprint density at radius 2 is 1.70 bits per heavy atom. The SMILES string of the molecule is O=C(CN1C=Cc2nc(-c3ccc(-c4ccc(F)cc4)cc3)[nH]c2C1)c1ccn[nH]1. The van der Waals surface area contributed by atoms with E-state index in [-0.39, 0.29) is 18.1 Å². The summed E-state index contributed by atoms with van der Waals surface area (Å²) in [6.07, 6.45) is 5.37. The highest BCUT2D eigenvalue weighted by molar-refractivity contribution is 5.95. The van der Waals surface area contributed by atoms with E-state index in [4.69, 9.17) is 0 Å². The number of carbonyl (C=O) groups excluding carboxylic acids is 1. The molecule has 4 aromatic rings. The maximum atomic E-state index is 13.1. The number of ketones is 1. The molecule has 1 aliphatic rings. The molecule has 0 saturated heterocycles. The van der Waals surface area contributed by atoms with Crippen LogP contribution in [0.15, 0.2) is 67.0 Å². The van der Waals surface area contributed by atoms with Crippen molar-refractivity contribution < 1.29 is 9.18 Å². The summed E-state index contributed by atoms with van der Waals surface area (Å²) in [5, 5.41) is 6.52. The normalized spacial score (nSPS) is 12.8. The lowest BCUT2D eigenvalue weighted by Crippen LogP contribution is -2.27. The fourth-order valence-electron chi connectivity index (χ4n) is 3.50. The van der Waals surface area contributed by atoms with E-state index >= 15 is 0 Å². The number of carbonyl (C=O) groups is 1. The maximum absolute atomic E-state index is 13.1. The number of hydrogen-bond acceptors (Lipinski definition) is 4. The lowest BCUT2D eigenvalue weighted by molar-refractivity contribution is 0.0947. The van der Waals surface area contributed by atoms with Crippen LogP contribution >= 0.6 is 0 Å². The third kappa shape index (κ3) is 3.53. The van der Waals surface area contributed by atoms with Gasteiger partial charge in [0, 0.05) is 18.0 Å². The molecular formula is C23H18FN5O. The Morgan fingerprint density at radius 1 is 1.00 bits per heavy atom. The fraction of sp³-hybridized carbons (Fsp3) is 0.0870. The molecular weight excluding hydrogens is 381 g/mol. The fourth-order valence-corrected chi connectivity index (χ4v) is 3.50. The average Bonchev–Trinajstić information content (AvgIpc) is 3.44. The Bertz CT molecular complexity index is 1210. The minimum atomic E-state index is -0.245. The van der Waals surface area contributed by atoms with Crippen LogP contribution in [0.3, 0.4) is 0 Å². The van der Waals surface area contributed by atoms with Crippen molar-refractivity contribution in [1.82, 2.24) is 25.1 Å². The zero-order chi connectivity index (χ0) is 20.5. The lowest BCUT2D eigenvalue weighted by atomic mass is 10.0. The number of imidazole rings is 1. The van der Waals surface area contributed by atoms with Crippen molar-refractivity contribution in [2.45, 2.75) is 6.54 Å². The predicted molar refractivity (Wildman–Crippen MR) is 112 cm³/mol. The third-order valence-corrected chi connectivity index (χ3v) is 5.10. The summed E-state index contributed by atoms with van der Waals surface area (Å²) in [6, 6.07) is 16.1. The molecule has 6 nitrogen and oxygen atoms in total. The minimum Gasteiger partial charge on any atom is -0.364 e. The molecule has 2 aromatic heterocycles. The van der Waals surface area contributed by atoms with E-state index in [1.807, 2.05) is 41.4 Å². The zero-order valence-corrected chi connectivity index (χ0v) is 16.0. The molecule has 0 spiro atoms. The molecule has 2 N–H and O–H groups in total. The van der Waals surface area contributed by atoms with Gasteiger partial charge >= 0.3 is 0 Å². The highest BCUT2D eigenvalue weighted by Crippen LogP contribution is 2.26. The van der Waals surface area contributed by atoms with Gasteiger partial charge in [0.05, 0.1) is 24.5 Å². The van der Waals surface area contributed by atoms with Crippen molar-refractivity contribution in [1.29, 1.82) is 0 Å². The molecule has 0 unspecified atom stereocenters. The molecule has 0 bridgehead atoms. The Labute approximate surface area is 172 Å². The average molecular weight is 399 g/mol. The standard InChI is InChI=1S/C23H18FN5O/c24-18-7-5-16(6-8-18)15-1-3-17(4-2-15)23-26-19-10-12-29(13-21(19)27-23)14-22(30)20-9-11-25-28-20/h1-12H,13-14H2,(H,25,28)(H,26,27). The van der Waals surface area contributed by atoms with Crippen LogP contribution in [0.5, 0.6) is 0 Å². The van der Waals surface area contributed by atoms with Crippen molar-refractivity contribution in [2.24, 2.45) is 0 Å². The van der Waals surface area contributed by atoms with Gasteiger partial charge in [-0.1, -0.05) is 36.4 Å². The molecule has 3 heterocycles. The first-order valence-corrected chi connectivity index (χ1v) is 9.56. The van der Waals surface area contributed by atoms with Crippen LogP contribution in [-0.4, -0.2) is 37.4 Å². The molecule has 0 amide bonds. The lowest BCUT2D eigenvalue weighted by Gasteiger charge is -2.21. The Hall–Kier alpha value is -4.00. The highest BCUT2D eigenvalue weighted by Gasteiger charge is 2.19. The molecule has 1 aliphatic heterocycles. The summed E-state index contributed by atoms with van der Waals surface area (Å²) in [7, 11) is 0. The van der Waals surface area contributed by atoms with Crippen LogP contribution < -0.4 is 0 Å². The number of hydrogen-bond donors (Lipinski definition) is 2. The smallest absolute Gasteiger partial charge is 0.199 e. The van der Waals surface area contributed by atoms with E-state index < -0.39 is 0 Å². The molecule has 2 aromatic carbocycles. The Balaban J connectivity index is 1.31. The summed E-state index contributed by atoms with van der Waals surface area (Å²) in [6.45, 7) is 0.839. The monoisotopic (exact) mass is 399 g/mol. The summed E-state index contributed by atoms with van der Waals surface area (Å²) >= 11 is 0. The van der Waals surface area contributed by atoms with Crippen molar-refractivity contribution in [3.05, 3.63) is 89.9 Å². The molecule has 30 heavy (non-hydrogen) atoms. The number of nitrogens with one attached hydrogen (secondary N) is 2. The van der Waals surface area contributed by atoms with Gasteiger partial charge in [-0.05, 0) is 35.4 Å². The topological polar surface area (TPSA) is 77.7 Å². The summed E-state index contributed by atoms with van der Waals surface area (Å²) in [5.74, 6) is 0.513. The predicted octanol–water partition coefficient (Wildman–Crippen LogP) is 4.28. The van der Waals surface area contributed by atoms with Crippen molar-refractivity contribution in [3.8, 4) is 22.5 Å².